The molecule has 0 atom stereocenters. The largest absolute Gasteiger partial charge is 0.298 e. The van der Waals surface area contributed by atoms with Gasteiger partial charge in [-0.05, 0) is 50.7 Å². The van der Waals surface area contributed by atoms with Crippen LogP contribution >= 0.6 is 0 Å². The van der Waals surface area contributed by atoms with Crippen molar-refractivity contribution in [1.29, 1.82) is 0 Å². The van der Waals surface area contributed by atoms with Gasteiger partial charge in [-0.3, -0.25) is 4.90 Å². The topological polar surface area (TPSA) is 3.24 Å². The first-order valence-corrected chi connectivity index (χ1v) is 7.89. The smallest absolute Gasteiger partial charge is 0.128 e. The molecule has 0 radical (unpaired) electrons. The molecular formula is C21H24FN. The molecule has 0 aliphatic rings. The van der Waals surface area contributed by atoms with Crippen LogP contribution in [-0.2, 0) is 6.54 Å². The van der Waals surface area contributed by atoms with Crippen molar-refractivity contribution in [2.45, 2.75) is 27.3 Å². The number of rotatable bonds is 4. The SMILES string of the molecule is CN(CC=CC#CC(C)(C)C)Cc1c(F)ccc2ccccc12. The van der Waals surface area contributed by atoms with Crippen molar-refractivity contribution in [3.63, 3.8) is 0 Å². The zero-order valence-corrected chi connectivity index (χ0v) is 14.4. The van der Waals surface area contributed by atoms with Crippen LogP contribution in [0.3, 0.4) is 0 Å². The molecule has 0 spiro atoms. The first-order chi connectivity index (χ1) is 10.9. The Morgan fingerprint density at radius 3 is 2.61 bits per heavy atom. The second-order valence-corrected chi connectivity index (χ2v) is 6.87. The highest BCUT2D eigenvalue weighted by Crippen LogP contribution is 2.22. The van der Waals surface area contributed by atoms with Crippen LogP contribution in [-0.4, -0.2) is 18.5 Å². The van der Waals surface area contributed by atoms with Crippen LogP contribution in [0.15, 0.2) is 48.6 Å². The summed E-state index contributed by atoms with van der Waals surface area (Å²) in [6.45, 7) is 7.57. The molecule has 0 saturated carbocycles. The minimum atomic E-state index is -0.146. The molecule has 0 aliphatic carbocycles. The summed E-state index contributed by atoms with van der Waals surface area (Å²) in [6.07, 6.45) is 3.89. The molecule has 0 unspecified atom stereocenters. The first-order valence-electron chi connectivity index (χ1n) is 7.89. The van der Waals surface area contributed by atoms with Crippen molar-refractivity contribution in [1.82, 2.24) is 4.90 Å². The molecule has 0 bridgehead atoms. The average molecular weight is 309 g/mol. The Hall–Kier alpha value is -2.11. The summed E-state index contributed by atoms with van der Waals surface area (Å²) in [5.74, 6) is 6.07. The van der Waals surface area contributed by atoms with Gasteiger partial charge in [-0.2, -0.15) is 0 Å². The monoisotopic (exact) mass is 309 g/mol. The van der Waals surface area contributed by atoms with Gasteiger partial charge in [0.2, 0.25) is 0 Å². The molecule has 23 heavy (non-hydrogen) atoms. The summed E-state index contributed by atoms with van der Waals surface area (Å²) >= 11 is 0. The van der Waals surface area contributed by atoms with Crippen LogP contribution in [0, 0.1) is 23.1 Å². The highest BCUT2D eigenvalue weighted by atomic mass is 19.1. The van der Waals surface area contributed by atoms with Gasteiger partial charge in [0, 0.05) is 24.1 Å². The number of nitrogens with zero attached hydrogens (tertiary/aromatic N) is 1. The van der Waals surface area contributed by atoms with Gasteiger partial charge in [0.25, 0.3) is 0 Å². The van der Waals surface area contributed by atoms with Gasteiger partial charge >= 0.3 is 0 Å². The Kier molecular flexibility index (Phi) is 5.58. The van der Waals surface area contributed by atoms with E-state index >= 15 is 0 Å². The van der Waals surface area contributed by atoms with Gasteiger partial charge in [0.1, 0.15) is 5.82 Å². The predicted octanol–water partition coefficient (Wildman–Crippen LogP) is 5.02. The fourth-order valence-corrected chi connectivity index (χ4v) is 2.35. The Morgan fingerprint density at radius 2 is 1.87 bits per heavy atom. The molecule has 0 aromatic heterocycles. The molecule has 1 nitrogen and oxygen atoms in total. The van der Waals surface area contributed by atoms with E-state index in [0.29, 0.717) is 6.54 Å². The zero-order valence-electron chi connectivity index (χ0n) is 14.4. The molecule has 0 amide bonds. The number of likely N-dealkylation sites (N-methyl/N-ethyl adjacent to an activating group) is 1. The number of allylic oxidation sites excluding steroid dienone is 1. The van der Waals surface area contributed by atoms with E-state index < -0.39 is 0 Å². The van der Waals surface area contributed by atoms with E-state index in [2.05, 4.69) is 37.5 Å². The van der Waals surface area contributed by atoms with E-state index in [1.165, 1.54) is 0 Å². The summed E-state index contributed by atoms with van der Waals surface area (Å²) in [7, 11) is 1.99. The average Bonchev–Trinajstić information content (AvgIpc) is 2.49. The van der Waals surface area contributed by atoms with Crippen LogP contribution in [0.5, 0.6) is 0 Å². The number of hydrogen-bond acceptors (Lipinski definition) is 1. The summed E-state index contributed by atoms with van der Waals surface area (Å²) in [5.41, 5.74) is 0.766. The first kappa shape index (κ1) is 17.2. The fraction of sp³-hybridized carbons (Fsp3) is 0.333. The van der Waals surface area contributed by atoms with Gasteiger partial charge in [0.05, 0.1) is 0 Å². The van der Waals surface area contributed by atoms with Crippen molar-refractivity contribution in [2.75, 3.05) is 13.6 Å². The Labute approximate surface area is 138 Å². The zero-order chi connectivity index (χ0) is 16.9. The second-order valence-electron chi connectivity index (χ2n) is 6.87. The number of benzene rings is 2. The lowest BCUT2D eigenvalue weighted by Crippen LogP contribution is -2.18. The fourth-order valence-electron chi connectivity index (χ4n) is 2.35. The predicted molar refractivity (Wildman–Crippen MR) is 96.6 cm³/mol. The summed E-state index contributed by atoms with van der Waals surface area (Å²) in [4.78, 5) is 2.08. The lowest BCUT2D eigenvalue weighted by Gasteiger charge is -2.16. The summed E-state index contributed by atoms with van der Waals surface area (Å²) < 4.78 is 14.2. The van der Waals surface area contributed by atoms with E-state index in [4.69, 9.17) is 0 Å². The maximum Gasteiger partial charge on any atom is 0.128 e. The molecule has 2 aromatic rings. The minimum absolute atomic E-state index is 0.0162. The van der Waals surface area contributed by atoms with Crippen LogP contribution in [0.2, 0.25) is 0 Å². The van der Waals surface area contributed by atoms with Gasteiger partial charge in [-0.25, -0.2) is 4.39 Å². The third-order valence-electron chi connectivity index (χ3n) is 3.48. The third kappa shape index (κ3) is 5.23. The standard InChI is InChI=1S/C21H24FN/c1-21(2,3)14-8-5-9-15-23(4)16-19-18-11-7-6-10-17(18)12-13-20(19)22/h5-7,9-13H,15-16H2,1-4H3. The minimum Gasteiger partial charge on any atom is -0.298 e. The maximum atomic E-state index is 14.2. The van der Waals surface area contributed by atoms with Crippen molar-refractivity contribution in [2.24, 2.45) is 5.41 Å². The van der Waals surface area contributed by atoms with Crippen molar-refractivity contribution in [3.8, 4) is 11.8 Å². The maximum absolute atomic E-state index is 14.2. The summed E-state index contributed by atoms with van der Waals surface area (Å²) in [5, 5.41) is 2.06. The molecule has 0 heterocycles. The molecule has 2 aromatic carbocycles. The van der Waals surface area contributed by atoms with Gasteiger partial charge in [0.15, 0.2) is 0 Å². The number of fused-ring (bicyclic) bond motifs is 1. The molecule has 0 saturated heterocycles. The molecule has 0 fully saturated rings. The molecular weight excluding hydrogens is 285 g/mol. The van der Waals surface area contributed by atoms with Crippen LogP contribution in [0.4, 0.5) is 4.39 Å². The lowest BCUT2D eigenvalue weighted by molar-refractivity contribution is 0.358. The molecule has 0 N–H and O–H groups in total. The normalized spacial score (nSPS) is 11.9. The number of hydrogen-bond donors (Lipinski definition) is 0. The van der Waals surface area contributed by atoms with E-state index in [0.717, 1.165) is 22.9 Å². The van der Waals surface area contributed by atoms with Crippen molar-refractivity contribution in [3.05, 3.63) is 59.9 Å². The quantitative estimate of drug-likeness (QED) is 0.717. The van der Waals surface area contributed by atoms with Gasteiger partial charge < -0.3 is 0 Å². The summed E-state index contributed by atoms with van der Waals surface area (Å²) in [6, 6.07) is 11.3. The van der Waals surface area contributed by atoms with E-state index in [-0.39, 0.29) is 11.2 Å². The number of halogens is 1. The van der Waals surface area contributed by atoms with Crippen molar-refractivity contribution >= 4 is 10.8 Å². The second kappa shape index (κ2) is 7.44. The highest BCUT2D eigenvalue weighted by molar-refractivity contribution is 5.85. The Bertz CT molecular complexity index is 757. The molecule has 120 valence electrons. The molecule has 2 heteroatoms. The Morgan fingerprint density at radius 1 is 1.13 bits per heavy atom. The van der Waals surface area contributed by atoms with Crippen LogP contribution in [0.1, 0.15) is 26.3 Å². The van der Waals surface area contributed by atoms with E-state index in [1.807, 2.05) is 49.5 Å². The van der Waals surface area contributed by atoms with E-state index in [9.17, 15) is 4.39 Å². The van der Waals surface area contributed by atoms with Gasteiger partial charge in [-0.15, -0.1) is 0 Å². The van der Waals surface area contributed by atoms with Crippen LogP contribution in [0.25, 0.3) is 10.8 Å². The van der Waals surface area contributed by atoms with Gasteiger partial charge in [-0.1, -0.05) is 48.2 Å². The molecule has 2 rings (SSSR count). The Balaban J connectivity index is 2.06. The lowest BCUT2D eigenvalue weighted by atomic mass is 9.98. The van der Waals surface area contributed by atoms with E-state index in [1.54, 1.807) is 6.07 Å². The highest BCUT2D eigenvalue weighted by Gasteiger charge is 2.09. The molecule has 0 aliphatic heterocycles. The van der Waals surface area contributed by atoms with Crippen LogP contribution < -0.4 is 0 Å². The third-order valence-corrected chi connectivity index (χ3v) is 3.48. The van der Waals surface area contributed by atoms with Crippen molar-refractivity contribution < 1.29 is 4.39 Å².